The van der Waals surface area contributed by atoms with Crippen LogP contribution in [0.25, 0.3) is 32.2 Å². The molecule has 2 unspecified atom stereocenters. The van der Waals surface area contributed by atoms with Gasteiger partial charge in [-0.25, -0.2) is 4.79 Å². The van der Waals surface area contributed by atoms with Crippen molar-refractivity contribution in [2.24, 2.45) is 11.0 Å². The summed E-state index contributed by atoms with van der Waals surface area (Å²) < 4.78 is 6.83. The van der Waals surface area contributed by atoms with Crippen molar-refractivity contribution in [1.82, 2.24) is 14.6 Å². The Kier molecular flexibility index (Phi) is 4.81. The lowest BCUT2D eigenvalue weighted by molar-refractivity contribution is 0.102. The van der Waals surface area contributed by atoms with E-state index < -0.39 is 12.1 Å². The van der Waals surface area contributed by atoms with Gasteiger partial charge in [0.15, 0.2) is 0 Å². The van der Waals surface area contributed by atoms with Crippen LogP contribution in [0.2, 0.25) is 5.02 Å². The lowest BCUT2D eigenvalue weighted by Gasteiger charge is -2.37. The number of benzene rings is 1. The third-order valence-corrected chi connectivity index (χ3v) is 5.65. The molecule has 0 aliphatic carbocycles. The molecule has 0 saturated carbocycles. The molecule has 1 N–H and O–H groups in total. The first-order valence-corrected chi connectivity index (χ1v) is 9.37. The summed E-state index contributed by atoms with van der Waals surface area (Å²) in [4.78, 5) is 29.1. The number of carbonyl (C=O) groups is 1. The van der Waals surface area contributed by atoms with E-state index in [4.69, 9.17) is 21.7 Å². The van der Waals surface area contributed by atoms with Gasteiger partial charge in [0.25, 0.3) is 5.56 Å². The molecular formula is C18H17ClN6O4. The fourth-order valence-corrected chi connectivity index (χ4v) is 4.40. The molecule has 1 amide bonds. The van der Waals surface area contributed by atoms with E-state index >= 15 is 0 Å². The number of azide groups is 1. The Labute approximate surface area is 168 Å². The predicted octanol–water partition coefficient (Wildman–Crippen LogP) is 3.96. The molecule has 11 heteroatoms. The van der Waals surface area contributed by atoms with Crippen molar-refractivity contribution in [3.05, 3.63) is 49.8 Å². The Balaban J connectivity index is 1.96. The monoisotopic (exact) mass is 416 g/mol. The van der Waals surface area contributed by atoms with Gasteiger partial charge in [-0.05, 0) is 36.9 Å². The maximum atomic E-state index is 13.4. The van der Waals surface area contributed by atoms with Crippen molar-refractivity contribution in [3.63, 3.8) is 0 Å². The molecule has 150 valence electrons. The molecule has 10 nitrogen and oxygen atoms in total. The number of nitrogens with zero attached hydrogens (tertiary/aromatic N) is 6. The molecule has 3 aromatic rings. The van der Waals surface area contributed by atoms with Crippen molar-refractivity contribution >= 4 is 39.5 Å². The third kappa shape index (κ3) is 3.16. The van der Waals surface area contributed by atoms with E-state index in [0.717, 1.165) is 0 Å². The number of piperidine rings is 1. The highest BCUT2D eigenvalue weighted by atomic mass is 35.5. The summed E-state index contributed by atoms with van der Waals surface area (Å²) in [5.74, 6) is 0.165. The molecular weight excluding hydrogens is 400 g/mol. The molecule has 3 heterocycles. The molecule has 4 rings (SSSR count). The summed E-state index contributed by atoms with van der Waals surface area (Å²) in [5.41, 5.74) is 9.27. The highest BCUT2D eigenvalue weighted by Gasteiger charge is 2.33. The molecule has 2 aromatic heterocycles. The van der Waals surface area contributed by atoms with Gasteiger partial charge in [-0.2, -0.15) is 0 Å². The van der Waals surface area contributed by atoms with Crippen LogP contribution in [-0.2, 0) is 0 Å². The number of aryl methyl sites for hydroxylation is 1. The second-order valence-electron chi connectivity index (χ2n) is 7.13. The summed E-state index contributed by atoms with van der Waals surface area (Å²) >= 11 is 6.43. The Bertz CT molecular complexity index is 1230. The highest BCUT2D eigenvalue weighted by Crippen LogP contribution is 2.34. The van der Waals surface area contributed by atoms with E-state index in [1.807, 2.05) is 0 Å². The molecule has 1 saturated heterocycles. The number of rotatable bonds is 3. The highest BCUT2D eigenvalue weighted by molar-refractivity contribution is 6.37. The van der Waals surface area contributed by atoms with E-state index in [-0.39, 0.29) is 31.1 Å². The van der Waals surface area contributed by atoms with Gasteiger partial charge in [0.1, 0.15) is 16.7 Å². The Morgan fingerprint density at radius 3 is 2.97 bits per heavy atom. The van der Waals surface area contributed by atoms with Crippen LogP contribution in [0.1, 0.15) is 18.2 Å². The first-order valence-electron chi connectivity index (χ1n) is 8.99. The molecule has 0 radical (unpaired) electrons. The molecule has 0 bridgehead atoms. The van der Waals surface area contributed by atoms with Crippen LogP contribution in [-0.4, -0.2) is 45.5 Å². The number of hydrogen-bond donors (Lipinski definition) is 1. The standard InChI is InChI=1S/C18H17ClN6O4/c1-9-14-16(22-29-9)15-12(19)3-2-4-13(15)25(17(14)26)11-5-10(6-21-23-20)7-24(8-11)18(27)28/h2-4,10-11H,5-8H2,1H3,(H,27,28). The molecule has 2 atom stereocenters. The van der Waals surface area contributed by atoms with Gasteiger partial charge in [0.05, 0.1) is 16.6 Å². The zero-order valence-electron chi connectivity index (χ0n) is 15.4. The zero-order chi connectivity index (χ0) is 20.7. The van der Waals surface area contributed by atoms with Crippen LogP contribution in [0.5, 0.6) is 0 Å². The van der Waals surface area contributed by atoms with Crippen molar-refractivity contribution in [3.8, 4) is 0 Å². The van der Waals surface area contributed by atoms with Gasteiger partial charge in [0.2, 0.25) is 0 Å². The lowest BCUT2D eigenvalue weighted by atomic mass is 9.93. The van der Waals surface area contributed by atoms with Crippen molar-refractivity contribution in [2.45, 2.75) is 19.4 Å². The van der Waals surface area contributed by atoms with E-state index in [0.29, 0.717) is 39.0 Å². The molecule has 1 aliphatic heterocycles. The van der Waals surface area contributed by atoms with Gasteiger partial charge >= 0.3 is 6.09 Å². The first-order chi connectivity index (χ1) is 13.9. The molecule has 1 fully saturated rings. The average Bonchev–Trinajstić information content (AvgIpc) is 3.08. The Morgan fingerprint density at radius 1 is 1.45 bits per heavy atom. The third-order valence-electron chi connectivity index (χ3n) is 5.34. The maximum absolute atomic E-state index is 13.4. The molecule has 1 aromatic carbocycles. The Hall–Kier alpha value is -3.23. The molecule has 1 aliphatic rings. The molecule has 0 spiro atoms. The number of carboxylic acid groups (broad SMARTS) is 1. The van der Waals surface area contributed by atoms with Crippen molar-refractivity contribution in [2.75, 3.05) is 19.6 Å². The van der Waals surface area contributed by atoms with E-state index in [1.165, 1.54) is 4.90 Å². The Morgan fingerprint density at radius 2 is 2.24 bits per heavy atom. The van der Waals surface area contributed by atoms with Gasteiger partial charge < -0.3 is 19.1 Å². The number of aromatic nitrogens is 2. The fourth-order valence-electron chi connectivity index (χ4n) is 4.14. The summed E-state index contributed by atoms with van der Waals surface area (Å²) in [7, 11) is 0. The zero-order valence-corrected chi connectivity index (χ0v) is 16.2. The number of amides is 1. The van der Waals surface area contributed by atoms with Crippen molar-refractivity contribution in [1.29, 1.82) is 0 Å². The normalized spacial score (nSPS) is 19.4. The number of halogens is 1. The minimum atomic E-state index is -1.08. The number of pyridine rings is 1. The average molecular weight is 417 g/mol. The van der Waals surface area contributed by atoms with Crippen LogP contribution >= 0.6 is 11.6 Å². The van der Waals surface area contributed by atoms with Crippen LogP contribution < -0.4 is 5.56 Å². The van der Waals surface area contributed by atoms with E-state index in [1.54, 1.807) is 29.7 Å². The largest absolute Gasteiger partial charge is 0.465 e. The quantitative estimate of drug-likeness (QED) is 0.391. The van der Waals surface area contributed by atoms with Gasteiger partial charge in [0, 0.05) is 29.9 Å². The number of fused-ring (bicyclic) bond motifs is 3. The number of likely N-dealkylation sites (tertiary alicyclic amines) is 1. The van der Waals surface area contributed by atoms with Crippen LogP contribution in [0.3, 0.4) is 0 Å². The first kappa shape index (κ1) is 19.1. The maximum Gasteiger partial charge on any atom is 0.407 e. The minimum Gasteiger partial charge on any atom is -0.465 e. The summed E-state index contributed by atoms with van der Waals surface area (Å²) in [6.45, 7) is 2.18. The van der Waals surface area contributed by atoms with Crippen LogP contribution in [0.4, 0.5) is 4.79 Å². The lowest BCUT2D eigenvalue weighted by Crippen LogP contribution is -2.46. The smallest absolute Gasteiger partial charge is 0.407 e. The topological polar surface area (TPSA) is 137 Å². The second-order valence-corrected chi connectivity index (χ2v) is 7.54. The van der Waals surface area contributed by atoms with Gasteiger partial charge in [-0.3, -0.25) is 4.79 Å². The SMILES string of the molecule is Cc1onc2c1c(=O)n(C1CC(CN=[N+]=[N-])CN(C(=O)O)C1)c1cccc(Cl)c21. The van der Waals surface area contributed by atoms with Crippen LogP contribution in [0.15, 0.2) is 32.6 Å². The molecule has 29 heavy (non-hydrogen) atoms. The fraction of sp³-hybridized carbons (Fsp3) is 0.389. The summed E-state index contributed by atoms with van der Waals surface area (Å²) in [6, 6.07) is 4.74. The van der Waals surface area contributed by atoms with Gasteiger partial charge in [-0.15, -0.1) is 0 Å². The van der Waals surface area contributed by atoms with Crippen LogP contribution in [0, 0.1) is 12.8 Å². The predicted molar refractivity (Wildman–Crippen MR) is 106 cm³/mol. The van der Waals surface area contributed by atoms with E-state index in [9.17, 15) is 14.7 Å². The van der Waals surface area contributed by atoms with Crippen molar-refractivity contribution < 1.29 is 14.4 Å². The van der Waals surface area contributed by atoms with E-state index in [2.05, 4.69) is 15.2 Å². The summed E-state index contributed by atoms with van der Waals surface area (Å²) in [5, 5.41) is 18.5. The number of hydrogen-bond acceptors (Lipinski definition) is 5. The summed E-state index contributed by atoms with van der Waals surface area (Å²) in [6.07, 6.45) is -0.599. The second kappa shape index (κ2) is 7.31. The minimum absolute atomic E-state index is 0.138. The van der Waals surface area contributed by atoms with Gasteiger partial charge in [-0.1, -0.05) is 27.9 Å².